The van der Waals surface area contributed by atoms with Crippen LogP contribution in [0.3, 0.4) is 0 Å². The zero-order valence-electron chi connectivity index (χ0n) is 17.0. The van der Waals surface area contributed by atoms with Crippen molar-refractivity contribution in [1.29, 1.82) is 0 Å². The van der Waals surface area contributed by atoms with E-state index < -0.39 is 0 Å². The monoisotopic (exact) mass is 492 g/mol. The first-order chi connectivity index (χ1) is 15.6. The number of hydrogen-bond acceptors (Lipinski definition) is 4. The molecule has 0 atom stereocenters. The first-order valence-corrected chi connectivity index (χ1v) is 12.8. The minimum Gasteiger partial charge on any atom is -0.248 e. The molecule has 2 nitrogen and oxygen atoms in total. The maximum Gasteiger partial charge on any atom is 0.0897 e. The van der Waals surface area contributed by atoms with Gasteiger partial charge in [0.15, 0.2) is 0 Å². The van der Waals surface area contributed by atoms with Gasteiger partial charge < -0.3 is 0 Å². The number of thioether (sulfide) groups is 2. The third-order valence-electron chi connectivity index (χ3n) is 5.07. The summed E-state index contributed by atoms with van der Waals surface area (Å²) in [5, 5.41) is 3.83. The minimum absolute atomic E-state index is 0.742. The fourth-order valence-electron chi connectivity index (χ4n) is 3.41. The number of aromatic nitrogens is 2. The lowest BCUT2D eigenvalue weighted by Gasteiger charge is -2.11. The highest BCUT2D eigenvalue weighted by Gasteiger charge is 2.12. The fraction of sp³-hybridized carbons (Fsp3) is 0.0769. The molecule has 0 N–H and O–H groups in total. The highest BCUT2D eigenvalue weighted by Crippen LogP contribution is 2.30. The molecule has 1 heterocycles. The van der Waals surface area contributed by atoms with Gasteiger partial charge in [0.25, 0.3) is 0 Å². The van der Waals surface area contributed by atoms with E-state index in [0.29, 0.717) is 0 Å². The summed E-state index contributed by atoms with van der Waals surface area (Å²) in [5.41, 5.74) is 3.87. The van der Waals surface area contributed by atoms with Crippen molar-refractivity contribution in [2.24, 2.45) is 0 Å². The van der Waals surface area contributed by atoms with Crippen LogP contribution in [0.25, 0.3) is 21.8 Å². The Morgan fingerprint density at radius 1 is 0.562 bits per heavy atom. The number of halogens is 2. The molecule has 1 aromatic heterocycles. The van der Waals surface area contributed by atoms with Gasteiger partial charge in [0, 0.05) is 31.3 Å². The van der Waals surface area contributed by atoms with Crippen LogP contribution in [-0.2, 0) is 11.5 Å². The van der Waals surface area contributed by atoms with E-state index >= 15 is 0 Å². The summed E-state index contributed by atoms with van der Waals surface area (Å²) >= 11 is 15.6. The Morgan fingerprint density at radius 3 is 1.38 bits per heavy atom. The number of nitrogens with zero attached hydrogens (tertiary/aromatic N) is 2. The standard InChI is InChI=1S/C26H18Cl2N2S2/c27-19-5-9-21(10-6-19)31-15-25-26(16-32-22-11-7-20(28)8-12-22)30-24-14-18-4-2-1-3-17(18)13-23(24)29-25/h1-14H,15-16H2. The second kappa shape index (κ2) is 9.72. The van der Waals surface area contributed by atoms with Gasteiger partial charge in [-0.15, -0.1) is 23.5 Å². The molecule has 0 aliphatic heterocycles. The normalized spacial score (nSPS) is 11.3. The number of fused-ring (bicyclic) bond motifs is 2. The van der Waals surface area contributed by atoms with Gasteiger partial charge in [0.1, 0.15) is 0 Å². The topological polar surface area (TPSA) is 25.8 Å². The van der Waals surface area contributed by atoms with Crippen LogP contribution in [0.4, 0.5) is 0 Å². The summed E-state index contributed by atoms with van der Waals surface area (Å²) < 4.78 is 0. The lowest BCUT2D eigenvalue weighted by atomic mass is 10.1. The van der Waals surface area contributed by atoms with Crippen molar-refractivity contribution in [3.63, 3.8) is 0 Å². The molecule has 5 aromatic rings. The molecule has 0 aliphatic carbocycles. The summed E-state index contributed by atoms with van der Waals surface area (Å²) in [6.45, 7) is 0. The Labute approximate surface area is 205 Å². The molecule has 0 unspecified atom stereocenters. The quantitative estimate of drug-likeness (QED) is 0.175. The van der Waals surface area contributed by atoms with Gasteiger partial charge in [-0.25, -0.2) is 9.97 Å². The molecular formula is C26H18Cl2N2S2. The van der Waals surface area contributed by atoms with Crippen LogP contribution in [-0.4, -0.2) is 9.97 Å². The summed E-state index contributed by atoms with van der Waals surface area (Å²) in [4.78, 5) is 12.4. The van der Waals surface area contributed by atoms with Gasteiger partial charge in [-0.05, 0) is 71.4 Å². The molecule has 0 amide bonds. The predicted molar refractivity (Wildman–Crippen MR) is 139 cm³/mol. The highest BCUT2D eigenvalue weighted by atomic mass is 35.5. The molecule has 5 rings (SSSR count). The fourth-order valence-corrected chi connectivity index (χ4v) is 5.39. The Bertz CT molecular complexity index is 1280. The van der Waals surface area contributed by atoms with E-state index in [1.165, 1.54) is 10.8 Å². The van der Waals surface area contributed by atoms with Crippen molar-refractivity contribution in [3.05, 3.63) is 106 Å². The Hall–Kier alpha value is -2.24. The molecule has 0 saturated heterocycles. The van der Waals surface area contributed by atoms with Crippen LogP contribution in [0.1, 0.15) is 11.4 Å². The molecular weight excluding hydrogens is 475 g/mol. The molecule has 0 spiro atoms. The number of rotatable bonds is 6. The average Bonchev–Trinajstić information content (AvgIpc) is 2.82. The summed E-state index contributed by atoms with van der Waals surface area (Å²) in [7, 11) is 0. The van der Waals surface area contributed by atoms with E-state index in [4.69, 9.17) is 33.2 Å². The van der Waals surface area contributed by atoms with E-state index in [0.717, 1.165) is 53.8 Å². The maximum atomic E-state index is 6.03. The third-order valence-corrected chi connectivity index (χ3v) is 7.62. The zero-order chi connectivity index (χ0) is 21.9. The van der Waals surface area contributed by atoms with Crippen LogP contribution < -0.4 is 0 Å². The number of benzene rings is 4. The molecule has 0 bridgehead atoms. The Balaban J connectivity index is 1.49. The molecule has 4 aromatic carbocycles. The predicted octanol–water partition coefficient (Wildman–Crippen LogP) is 8.67. The molecule has 0 fully saturated rings. The van der Waals surface area contributed by atoms with Gasteiger partial charge in [-0.2, -0.15) is 0 Å². The van der Waals surface area contributed by atoms with Crippen LogP contribution >= 0.6 is 46.7 Å². The minimum atomic E-state index is 0.742. The van der Waals surface area contributed by atoms with Crippen LogP contribution in [0, 0.1) is 0 Å². The van der Waals surface area contributed by atoms with Gasteiger partial charge >= 0.3 is 0 Å². The van der Waals surface area contributed by atoms with Crippen LogP contribution in [0.5, 0.6) is 0 Å². The summed E-state index contributed by atoms with van der Waals surface area (Å²) in [6, 6.07) is 28.4. The van der Waals surface area contributed by atoms with Gasteiger partial charge in [-0.3, -0.25) is 0 Å². The van der Waals surface area contributed by atoms with Gasteiger partial charge in [-0.1, -0.05) is 47.5 Å². The van der Waals surface area contributed by atoms with Gasteiger partial charge in [0.05, 0.1) is 22.4 Å². The van der Waals surface area contributed by atoms with Gasteiger partial charge in [0.2, 0.25) is 0 Å². The van der Waals surface area contributed by atoms with Crippen LogP contribution in [0.2, 0.25) is 10.0 Å². The maximum absolute atomic E-state index is 6.03. The third kappa shape index (κ3) is 5.05. The van der Waals surface area contributed by atoms with Crippen molar-refractivity contribution in [1.82, 2.24) is 9.97 Å². The van der Waals surface area contributed by atoms with Crippen molar-refractivity contribution < 1.29 is 0 Å². The second-order valence-corrected chi connectivity index (χ2v) is 10.3. The van der Waals surface area contributed by atoms with E-state index in [1.807, 2.05) is 48.5 Å². The number of hydrogen-bond donors (Lipinski definition) is 0. The molecule has 158 valence electrons. The van der Waals surface area contributed by atoms with Crippen molar-refractivity contribution in [3.8, 4) is 0 Å². The van der Waals surface area contributed by atoms with Crippen molar-refractivity contribution >= 4 is 68.5 Å². The SMILES string of the molecule is Clc1ccc(SCc2nc3cc4ccccc4cc3nc2CSc2ccc(Cl)cc2)cc1. The molecule has 0 aliphatic rings. The van der Waals surface area contributed by atoms with E-state index in [9.17, 15) is 0 Å². The van der Waals surface area contributed by atoms with Crippen molar-refractivity contribution in [2.45, 2.75) is 21.3 Å². The van der Waals surface area contributed by atoms with Crippen molar-refractivity contribution in [2.75, 3.05) is 0 Å². The second-order valence-electron chi connectivity index (χ2n) is 7.29. The first-order valence-electron chi connectivity index (χ1n) is 10.1. The lowest BCUT2D eigenvalue weighted by Crippen LogP contribution is -2.01. The molecule has 6 heteroatoms. The smallest absolute Gasteiger partial charge is 0.0897 e. The zero-order valence-corrected chi connectivity index (χ0v) is 20.1. The summed E-state index contributed by atoms with van der Waals surface area (Å²) in [6.07, 6.45) is 0. The largest absolute Gasteiger partial charge is 0.248 e. The Kier molecular flexibility index (Phi) is 6.56. The van der Waals surface area contributed by atoms with Crippen LogP contribution in [0.15, 0.2) is 94.7 Å². The lowest BCUT2D eigenvalue weighted by molar-refractivity contribution is 1.07. The molecule has 32 heavy (non-hydrogen) atoms. The summed E-state index contributed by atoms with van der Waals surface area (Å²) in [5.74, 6) is 1.49. The Morgan fingerprint density at radius 2 is 0.969 bits per heavy atom. The van der Waals surface area contributed by atoms with E-state index in [-0.39, 0.29) is 0 Å². The first kappa shape index (κ1) is 21.6. The molecule has 0 saturated carbocycles. The van der Waals surface area contributed by atoms with E-state index in [2.05, 4.69) is 36.4 Å². The van der Waals surface area contributed by atoms with E-state index in [1.54, 1.807) is 23.5 Å². The molecule has 0 radical (unpaired) electrons. The highest BCUT2D eigenvalue weighted by molar-refractivity contribution is 7.99. The average molecular weight is 493 g/mol.